The van der Waals surface area contributed by atoms with Crippen molar-refractivity contribution in [2.45, 2.75) is 31.6 Å². The van der Waals surface area contributed by atoms with E-state index in [9.17, 15) is 12.8 Å². The Kier molecular flexibility index (Phi) is 3.84. The van der Waals surface area contributed by atoms with Crippen LogP contribution < -0.4 is 4.72 Å². The first-order chi connectivity index (χ1) is 12.3. The standard InChI is InChI=1S/C20H21FN2O2S/c1-20(10-4-5-13-11-14(21)8-9-16(13)20)17-12-22-19-15(17)6-3-7-18(19)23-26(2,24)25/h3,6-9,11-12,22-23H,4-5,10H2,1-2H3. The fourth-order valence-electron chi connectivity index (χ4n) is 4.25. The minimum atomic E-state index is -3.36. The number of benzene rings is 2. The topological polar surface area (TPSA) is 62.0 Å². The Hall–Kier alpha value is -2.34. The van der Waals surface area contributed by atoms with Crippen molar-refractivity contribution >= 4 is 26.6 Å². The fraction of sp³-hybridized carbons (Fsp3) is 0.300. The molecule has 1 aliphatic rings. The highest BCUT2D eigenvalue weighted by Crippen LogP contribution is 2.45. The molecule has 1 heterocycles. The summed E-state index contributed by atoms with van der Waals surface area (Å²) in [5.74, 6) is -0.202. The summed E-state index contributed by atoms with van der Waals surface area (Å²) in [5, 5.41) is 0.985. The summed E-state index contributed by atoms with van der Waals surface area (Å²) in [7, 11) is -3.36. The van der Waals surface area contributed by atoms with Gasteiger partial charge >= 0.3 is 0 Å². The first-order valence-electron chi connectivity index (χ1n) is 8.65. The van der Waals surface area contributed by atoms with Crippen LogP contribution in [0.5, 0.6) is 0 Å². The van der Waals surface area contributed by atoms with Crippen LogP contribution in [-0.2, 0) is 21.9 Å². The Morgan fingerprint density at radius 2 is 2.00 bits per heavy atom. The highest BCUT2D eigenvalue weighted by molar-refractivity contribution is 7.92. The number of fused-ring (bicyclic) bond motifs is 2. The lowest BCUT2D eigenvalue weighted by atomic mass is 9.67. The molecule has 1 aliphatic carbocycles. The molecule has 0 amide bonds. The van der Waals surface area contributed by atoms with Crippen LogP contribution >= 0.6 is 0 Å². The Balaban J connectivity index is 1.90. The maximum absolute atomic E-state index is 13.7. The van der Waals surface area contributed by atoms with Crippen molar-refractivity contribution in [3.8, 4) is 0 Å². The minimum Gasteiger partial charge on any atom is -0.359 e. The molecule has 2 aromatic carbocycles. The van der Waals surface area contributed by atoms with Gasteiger partial charge in [0.15, 0.2) is 0 Å². The van der Waals surface area contributed by atoms with E-state index in [1.54, 1.807) is 12.1 Å². The Labute approximate surface area is 152 Å². The van der Waals surface area contributed by atoms with Gasteiger partial charge in [-0.25, -0.2) is 12.8 Å². The maximum atomic E-state index is 13.7. The SMILES string of the molecule is CC1(c2c[nH]c3c(NS(C)(=O)=O)cccc23)CCCc2cc(F)ccc21. The van der Waals surface area contributed by atoms with Gasteiger partial charge < -0.3 is 4.98 Å². The summed E-state index contributed by atoms with van der Waals surface area (Å²) < 4.78 is 39.6. The van der Waals surface area contributed by atoms with E-state index < -0.39 is 10.0 Å². The molecular weight excluding hydrogens is 351 g/mol. The smallest absolute Gasteiger partial charge is 0.229 e. The van der Waals surface area contributed by atoms with Gasteiger partial charge in [0, 0.05) is 17.0 Å². The lowest BCUT2D eigenvalue weighted by molar-refractivity contribution is 0.465. The summed E-state index contributed by atoms with van der Waals surface area (Å²) in [4.78, 5) is 3.24. The van der Waals surface area contributed by atoms with Crippen molar-refractivity contribution < 1.29 is 12.8 Å². The molecule has 0 fully saturated rings. The van der Waals surface area contributed by atoms with Gasteiger partial charge in [0.1, 0.15) is 5.82 Å². The monoisotopic (exact) mass is 372 g/mol. The molecule has 4 rings (SSSR count). The van der Waals surface area contributed by atoms with E-state index in [4.69, 9.17) is 0 Å². The average molecular weight is 372 g/mol. The molecule has 0 saturated heterocycles. The second-order valence-electron chi connectivity index (χ2n) is 7.29. The van der Waals surface area contributed by atoms with Gasteiger partial charge in [0.2, 0.25) is 10.0 Å². The van der Waals surface area contributed by atoms with Crippen LogP contribution in [0.2, 0.25) is 0 Å². The average Bonchev–Trinajstić information content (AvgIpc) is 2.99. The van der Waals surface area contributed by atoms with Crippen molar-refractivity contribution in [1.82, 2.24) is 4.98 Å². The number of nitrogens with one attached hydrogen (secondary N) is 2. The van der Waals surface area contributed by atoms with Gasteiger partial charge in [-0.15, -0.1) is 0 Å². The summed E-state index contributed by atoms with van der Waals surface area (Å²) in [6.45, 7) is 2.18. The zero-order valence-electron chi connectivity index (χ0n) is 14.8. The predicted molar refractivity (Wildman–Crippen MR) is 103 cm³/mol. The number of rotatable bonds is 3. The number of halogens is 1. The van der Waals surface area contributed by atoms with Crippen molar-refractivity contribution in [1.29, 1.82) is 0 Å². The van der Waals surface area contributed by atoms with E-state index in [1.807, 2.05) is 24.4 Å². The predicted octanol–water partition coefficient (Wildman–Crippen LogP) is 4.32. The van der Waals surface area contributed by atoms with Crippen LogP contribution in [0, 0.1) is 5.82 Å². The molecule has 0 aliphatic heterocycles. The molecule has 1 atom stereocenters. The number of para-hydroxylation sites is 1. The number of sulfonamides is 1. The number of H-pyrrole nitrogens is 1. The van der Waals surface area contributed by atoms with E-state index >= 15 is 0 Å². The van der Waals surface area contributed by atoms with Crippen molar-refractivity contribution in [2.75, 3.05) is 11.0 Å². The van der Waals surface area contributed by atoms with E-state index in [2.05, 4.69) is 16.6 Å². The summed E-state index contributed by atoms with van der Waals surface area (Å²) in [6, 6.07) is 10.6. The third-order valence-electron chi connectivity index (χ3n) is 5.39. The van der Waals surface area contributed by atoms with Gasteiger partial charge in [-0.1, -0.05) is 25.1 Å². The number of aromatic nitrogens is 1. The van der Waals surface area contributed by atoms with Crippen LogP contribution in [-0.4, -0.2) is 19.7 Å². The highest BCUT2D eigenvalue weighted by Gasteiger charge is 2.35. The Morgan fingerprint density at radius 1 is 1.19 bits per heavy atom. The van der Waals surface area contributed by atoms with E-state index in [0.29, 0.717) is 5.69 Å². The van der Waals surface area contributed by atoms with Gasteiger partial charge in [-0.2, -0.15) is 0 Å². The van der Waals surface area contributed by atoms with Crippen LogP contribution in [0.25, 0.3) is 10.9 Å². The van der Waals surface area contributed by atoms with Gasteiger partial charge in [0.25, 0.3) is 0 Å². The molecule has 0 saturated carbocycles. The lowest BCUT2D eigenvalue weighted by Gasteiger charge is -2.36. The van der Waals surface area contributed by atoms with Crippen LogP contribution in [0.4, 0.5) is 10.1 Å². The Bertz CT molecular complexity index is 1100. The molecule has 6 heteroatoms. The third kappa shape index (κ3) is 2.78. The first kappa shape index (κ1) is 17.1. The van der Waals surface area contributed by atoms with Gasteiger partial charge in [-0.3, -0.25) is 4.72 Å². The molecule has 3 aromatic rings. The van der Waals surface area contributed by atoms with E-state index in [-0.39, 0.29) is 11.2 Å². The molecule has 0 radical (unpaired) electrons. The number of hydrogen-bond acceptors (Lipinski definition) is 2. The molecule has 0 bridgehead atoms. The summed E-state index contributed by atoms with van der Waals surface area (Å²) >= 11 is 0. The summed E-state index contributed by atoms with van der Waals surface area (Å²) in [5.41, 5.74) is 4.37. The first-order valence-corrected chi connectivity index (χ1v) is 10.5. The molecular formula is C20H21FN2O2S. The normalized spacial score (nSPS) is 20.1. The minimum absolute atomic E-state index is 0.202. The maximum Gasteiger partial charge on any atom is 0.229 e. The number of hydrogen-bond donors (Lipinski definition) is 2. The molecule has 136 valence electrons. The molecule has 1 aromatic heterocycles. The number of anilines is 1. The van der Waals surface area contributed by atoms with Gasteiger partial charge in [0.05, 0.1) is 17.5 Å². The van der Waals surface area contributed by atoms with Crippen LogP contribution in [0.15, 0.2) is 42.6 Å². The molecule has 2 N–H and O–H groups in total. The Morgan fingerprint density at radius 3 is 2.77 bits per heavy atom. The van der Waals surface area contributed by atoms with Crippen LogP contribution in [0.3, 0.4) is 0 Å². The quantitative estimate of drug-likeness (QED) is 0.719. The summed E-state index contributed by atoms with van der Waals surface area (Å²) in [6.07, 6.45) is 5.93. The zero-order chi connectivity index (χ0) is 18.5. The van der Waals surface area contributed by atoms with Crippen molar-refractivity contribution in [3.05, 3.63) is 65.1 Å². The van der Waals surface area contributed by atoms with Crippen molar-refractivity contribution in [2.24, 2.45) is 0 Å². The van der Waals surface area contributed by atoms with E-state index in [0.717, 1.165) is 53.1 Å². The zero-order valence-corrected chi connectivity index (χ0v) is 15.6. The van der Waals surface area contributed by atoms with E-state index in [1.165, 1.54) is 6.07 Å². The molecule has 4 nitrogen and oxygen atoms in total. The second-order valence-corrected chi connectivity index (χ2v) is 9.04. The fourth-order valence-corrected chi connectivity index (χ4v) is 4.82. The van der Waals surface area contributed by atoms with Crippen LogP contribution in [0.1, 0.15) is 36.5 Å². The lowest BCUT2D eigenvalue weighted by Crippen LogP contribution is -2.28. The number of aryl methyl sites for hydroxylation is 1. The largest absolute Gasteiger partial charge is 0.359 e. The van der Waals surface area contributed by atoms with Gasteiger partial charge in [-0.05, 0) is 54.2 Å². The second kappa shape index (κ2) is 5.84. The molecule has 26 heavy (non-hydrogen) atoms. The van der Waals surface area contributed by atoms with Crippen molar-refractivity contribution in [3.63, 3.8) is 0 Å². The highest BCUT2D eigenvalue weighted by atomic mass is 32.2. The molecule has 0 spiro atoms. The third-order valence-corrected chi connectivity index (χ3v) is 5.98. The number of aromatic amines is 1. The molecule has 1 unspecified atom stereocenters.